The van der Waals surface area contributed by atoms with Crippen molar-refractivity contribution in [2.24, 2.45) is 5.41 Å². The zero-order valence-corrected chi connectivity index (χ0v) is 19.5. The molecule has 0 saturated carbocycles. The average molecular weight is 459 g/mol. The Morgan fingerprint density at radius 2 is 1.44 bits per heavy atom. The van der Waals surface area contributed by atoms with Gasteiger partial charge in [0.25, 0.3) is 0 Å². The Morgan fingerprint density at radius 1 is 0.882 bits per heavy atom. The lowest BCUT2D eigenvalue weighted by atomic mass is 9.75. The van der Waals surface area contributed by atoms with Crippen LogP contribution in [0.5, 0.6) is 11.5 Å². The summed E-state index contributed by atoms with van der Waals surface area (Å²) in [7, 11) is 0. The SMILES string of the molecule is CCCC1(CCC(=O)O)Cc2cc(OCc3ccccc3)c(OCc3ccccc3)cc2C1=O. The maximum Gasteiger partial charge on any atom is 0.303 e. The highest BCUT2D eigenvalue weighted by Gasteiger charge is 2.45. The van der Waals surface area contributed by atoms with Crippen LogP contribution >= 0.6 is 0 Å². The first-order valence-corrected chi connectivity index (χ1v) is 11.8. The van der Waals surface area contributed by atoms with Crippen molar-refractivity contribution in [2.75, 3.05) is 0 Å². The molecule has 0 fully saturated rings. The van der Waals surface area contributed by atoms with Crippen LogP contribution in [0.3, 0.4) is 0 Å². The van der Waals surface area contributed by atoms with E-state index >= 15 is 0 Å². The van der Waals surface area contributed by atoms with E-state index in [4.69, 9.17) is 9.47 Å². The maximum absolute atomic E-state index is 13.5. The van der Waals surface area contributed by atoms with Crippen molar-refractivity contribution in [2.45, 2.75) is 52.2 Å². The van der Waals surface area contributed by atoms with Gasteiger partial charge in [-0.1, -0.05) is 74.0 Å². The minimum Gasteiger partial charge on any atom is -0.485 e. The van der Waals surface area contributed by atoms with Gasteiger partial charge in [-0.15, -0.1) is 0 Å². The van der Waals surface area contributed by atoms with E-state index < -0.39 is 11.4 Å². The summed E-state index contributed by atoms with van der Waals surface area (Å²) < 4.78 is 12.3. The first kappa shape index (κ1) is 23.6. The van der Waals surface area contributed by atoms with Crippen LogP contribution in [0, 0.1) is 5.41 Å². The Morgan fingerprint density at radius 3 is 1.97 bits per heavy atom. The quantitative estimate of drug-likeness (QED) is 0.368. The number of carbonyl (C=O) groups excluding carboxylic acids is 1. The van der Waals surface area contributed by atoms with Gasteiger partial charge >= 0.3 is 5.97 Å². The van der Waals surface area contributed by atoms with Crippen molar-refractivity contribution in [3.63, 3.8) is 0 Å². The molecule has 1 aliphatic rings. The van der Waals surface area contributed by atoms with E-state index in [1.165, 1.54) is 0 Å². The van der Waals surface area contributed by atoms with Crippen molar-refractivity contribution in [3.8, 4) is 11.5 Å². The Kier molecular flexibility index (Phi) is 7.31. The van der Waals surface area contributed by atoms with Crippen molar-refractivity contribution in [1.29, 1.82) is 0 Å². The van der Waals surface area contributed by atoms with Crippen molar-refractivity contribution in [3.05, 3.63) is 95.1 Å². The van der Waals surface area contributed by atoms with E-state index in [1.54, 1.807) is 6.07 Å². The molecule has 0 radical (unpaired) electrons. The van der Waals surface area contributed by atoms with Gasteiger partial charge in [0.05, 0.1) is 0 Å². The van der Waals surface area contributed by atoms with Crippen molar-refractivity contribution >= 4 is 11.8 Å². The predicted octanol–water partition coefficient (Wildman–Crippen LogP) is 6.23. The third-order valence-corrected chi connectivity index (χ3v) is 6.44. The molecule has 0 bridgehead atoms. The van der Waals surface area contributed by atoms with Gasteiger partial charge in [-0.05, 0) is 48.1 Å². The lowest BCUT2D eigenvalue weighted by molar-refractivity contribution is -0.137. The highest BCUT2D eigenvalue weighted by Crippen LogP contribution is 2.47. The van der Waals surface area contributed by atoms with Crippen LogP contribution in [0.15, 0.2) is 72.8 Å². The van der Waals surface area contributed by atoms with E-state index in [9.17, 15) is 14.7 Å². The van der Waals surface area contributed by atoms with Gasteiger partial charge in [0, 0.05) is 17.4 Å². The minimum absolute atomic E-state index is 0.0183. The number of carbonyl (C=O) groups is 2. The fourth-order valence-corrected chi connectivity index (χ4v) is 4.74. The molecule has 0 aromatic heterocycles. The molecule has 0 amide bonds. The van der Waals surface area contributed by atoms with Gasteiger partial charge in [-0.3, -0.25) is 9.59 Å². The van der Waals surface area contributed by atoms with Crippen LogP contribution in [-0.4, -0.2) is 16.9 Å². The smallest absolute Gasteiger partial charge is 0.303 e. The number of ether oxygens (including phenoxy) is 2. The van der Waals surface area contributed by atoms with E-state index in [-0.39, 0.29) is 12.2 Å². The molecule has 1 N–H and O–H groups in total. The fraction of sp³-hybridized carbons (Fsp3) is 0.310. The molecule has 3 aromatic rings. The molecular formula is C29H30O5. The third kappa shape index (κ3) is 5.30. The largest absolute Gasteiger partial charge is 0.485 e. The molecule has 176 valence electrons. The number of Topliss-reactive ketones (excluding diaryl/α,β-unsaturated/α-hetero) is 1. The Hall–Kier alpha value is -3.60. The molecule has 5 heteroatoms. The highest BCUT2D eigenvalue weighted by atomic mass is 16.5. The average Bonchev–Trinajstić information content (AvgIpc) is 3.12. The van der Waals surface area contributed by atoms with E-state index in [0.29, 0.717) is 49.5 Å². The Balaban J connectivity index is 1.64. The molecule has 5 nitrogen and oxygen atoms in total. The molecule has 0 heterocycles. The number of hydrogen-bond acceptors (Lipinski definition) is 4. The van der Waals surface area contributed by atoms with Gasteiger partial charge in [0.15, 0.2) is 17.3 Å². The molecule has 0 aliphatic heterocycles. The standard InChI is InChI=1S/C29H30O5/c1-2-14-29(15-13-27(30)31)18-23-16-25(33-19-21-9-5-3-6-10-21)26(17-24(23)28(29)32)34-20-22-11-7-4-8-12-22/h3-12,16-17H,2,13-15,18-20H2,1H3,(H,30,31). The number of fused-ring (bicyclic) bond motifs is 1. The summed E-state index contributed by atoms with van der Waals surface area (Å²) >= 11 is 0. The lowest BCUT2D eigenvalue weighted by Gasteiger charge is -2.26. The number of aliphatic carboxylic acids is 1. The summed E-state index contributed by atoms with van der Waals surface area (Å²) in [4.78, 5) is 24.8. The molecule has 3 aromatic carbocycles. The zero-order valence-electron chi connectivity index (χ0n) is 19.5. The second-order valence-electron chi connectivity index (χ2n) is 8.93. The number of ketones is 1. The van der Waals surface area contributed by atoms with Crippen LogP contribution in [-0.2, 0) is 24.4 Å². The van der Waals surface area contributed by atoms with Crippen LogP contribution < -0.4 is 9.47 Å². The van der Waals surface area contributed by atoms with E-state index in [1.807, 2.05) is 73.7 Å². The molecule has 1 atom stereocenters. The maximum atomic E-state index is 13.5. The van der Waals surface area contributed by atoms with E-state index in [0.717, 1.165) is 23.1 Å². The van der Waals surface area contributed by atoms with Crippen LogP contribution in [0.25, 0.3) is 0 Å². The zero-order chi connectivity index (χ0) is 24.0. The third-order valence-electron chi connectivity index (χ3n) is 6.44. The molecule has 34 heavy (non-hydrogen) atoms. The van der Waals surface area contributed by atoms with E-state index in [2.05, 4.69) is 0 Å². The fourth-order valence-electron chi connectivity index (χ4n) is 4.74. The molecule has 4 rings (SSSR count). The molecule has 1 unspecified atom stereocenters. The molecular weight excluding hydrogens is 428 g/mol. The number of carboxylic acid groups (broad SMARTS) is 1. The van der Waals surface area contributed by atoms with Crippen LogP contribution in [0.2, 0.25) is 0 Å². The first-order chi connectivity index (χ1) is 16.5. The summed E-state index contributed by atoms with van der Waals surface area (Å²) in [5.74, 6) is 0.261. The molecule has 0 saturated heterocycles. The number of rotatable bonds is 11. The summed E-state index contributed by atoms with van der Waals surface area (Å²) in [6, 6.07) is 23.4. The summed E-state index contributed by atoms with van der Waals surface area (Å²) in [6.07, 6.45) is 2.32. The minimum atomic E-state index is -0.877. The lowest BCUT2D eigenvalue weighted by Crippen LogP contribution is -2.29. The van der Waals surface area contributed by atoms with Gasteiger partial charge in [0.2, 0.25) is 0 Å². The topological polar surface area (TPSA) is 72.8 Å². The van der Waals surface area contributed by atoms with Gasteiger partial charge in [-0.2, -0.15) is 0 Å². The first-order valence-electron chi connectivity index (χ1n) is 11.8. The molecule has 0 spiro atoms. The summed E-state index contributed by atoms with van der Waals surface area (Å²) in [5, 5.41) is 9.25. The Bertz CT molecular complexity index is 1140. The van der Waals surface area contributed by atoms with Crippen LogP contribution in [0.4, 0.5) is 0 Å². The van der Waals surface area contributed by atoms with Crippen molar-refractivity contribution < 1.29 is 24.2 Å². The predicted molar refractivity (Wildman–Crippen MR) is 130 cm³/mol. The van der Waals surface area contributed by atoms with Gasteiger partial charge in [0.1, 0.15) is 13.2 Å². The second kappa shape index (κ2) is 10.6. The number of hydrogen-bond donors (Lipinski definition) is 1. The van der Waals surface area contributed by atoms with Crippen molar-refractivity contribution in [1.82, 2.24) is 0 Å². The summed E-state index contributed by atoms with van der Waals surface area (Å²) in [5.41, 5.74) is 2.90. The summed E-state index contributed by atoms with van der Waals surface area (Å²) in [6.45, 7) is 2.77. The number of carboxylic acids is 1. The van der Waals surface area contributed by atoms with Crippen LogP contribution in [0.1, 0.15) is 59.7 Å². The Labute approximate surface area is 200 Å². The van der Waals surface area contributed by atoms with Gasteiger partial charge < -0.3 is 14.6 Å². The monoisotopic (exact) mass is 458 g/mol. The molecule has 1 aliphatic carbocycles. The normalized spacial score (nSPS) is 16.8. The highest BCUT2D eigenvalue weighted by molar-refractivity contribution is 6.05. The second-order valence-corrected chi connectivity index (χ2v) is 8.93. The van der Waals surface area contributed by atoms with Gasteiger partial charge in [-0.25, -0.2) is 0 Å². The number of benzene rings is 3.